The lowest BCUT2D eigenvalue weighted by atomic mass is 10.0. The zero-order valence-electron chi connectivity index (χ0n) is 9.51. The van der Waals surface area contributed by atoms with Gasteiger partial charge in [0, 0.05) is 0 Å². The molecule has 0 saturated carbocycles. The molecule has 0 N–H and O–H groups in total. The van der Waals surface area contributed by atoms with Gasteiger partial charge in [-0.15, -0.1) is 10.2 Å². The van der Waals surface area contributed by atoms with Crippen LogP contribution in [0.25, 0.3) is 0 Å². The molecule has 0 aliphatic heterocycles. The number of hydrogen-bond donors (Lipinski definition) is 0. The van der Waals surface area contributed by atoms with Crippen molar-refractivity contribution in [2.45, 2.75) is 13.3 Å². The van der Waals surface area contributed by atoms with Gasteiger partial charge in [0.1, 0.15) is 5.82 Å². The molecule has 1 aromatic heterocycles. The van der Waals surface area contributed by atoms with E-state index in [-0.39, 0.29) is 17.8 Å². The molecule has 2 rings (SSSR count). The van der Waals surface area contributed by atoms with Crippen LogP contribution in [0, 0.1) is 12.7 Å². The van der Waals surface area contributed by atoms with Gasteiger partial charge in [0.15, 0.2) is 11.6 Å². The van der Waals surface area contributed by atoms with E-state index in [2.05, 4.69) is 15.4 Å². The largest absolute Gasteiger partial charge is 0.294 e. The Morgan fingerprint density at radius 3 is 2.88 bits per heavy atom. The van der Waals surface area contributed by atoms with Gasteiger partial charge in [-0.1, -0.05) is 12.1 Å². The lowest BCUT2D eigenvalue weighted by Gasteiger charge is -2.02. The Labute approximate surface area is 97.3 Å². The Morgan fingerprint density at radius 2 is 2.24 bits per heavy atom. The van der Waals surface area contributed by atoms with Gasteiger partial charge in [0.25, 0.3) is 0 Å². The maximum absolute atomic E-state index is 13.7. The Bertz CT molecular complexity index is 564. The van der Waals surface area contributed by atoms with Crippen LogP contribution in [-0.4, -0.2) is 26.0 Å². The first-order valence-corrected chi connectivity index (χ1v) is 5.09. The van der Waals surface area contributed by atoms with Crippen molar-refractivity contribution in [3.63, 3.8) is 0 Å². The summed E-state index contributed by atoms with van der Waals surface area (Å²) in [4.78, 5) is 13.1. The first kappa shape index (κ1) is 11.4. The Kier molecular flexibility index (Phi) is 2.95. The van der Waals surface area contributed by atoms with Gasteiger partial charge in [-0.3, -0.25) is 4.79 Å². The third-order valence-corrected chi connectivity index (χ3v) is 2.36. The van der Waals surface area contributed by atoms with E-state index in [0.717, 1.165) is 0 Å². The number of Topliss-reactive ketones (excluding diaryl/α,β-unsaturated/α-hetero) is 1. The van der Waals surface area contributed by atoms with Crippen molar-refractivity contribution >= 4 is 5.78 Å². The van der Waals surface area contributed by atoms with Crippen LogP contribution in [0.15, 0.2) is 18.2 Å². The van der Waals surface area contributed by atoms with E-state index in [4.69, 9.17) is 0 Å². The fourth-order valence-corrected chi connectivity index (χ4v) is 1.50. The molecule has 0 atom stereocenters. The van der Waals surface area contributed by atoms with Crippen LogP contribution >= 0.6 is 0 Å². The highest BCUT2D eigenvalue weighted by Crippen LogP contribution is 2.13. The van der Waals surface area contributed by atoms with Gasteiger partial charge in [0.05, 0.1) is 19.0 Å². The second kappa shape index (κ2) is 4.40. The van der Waals surface area contributed by atoms with Gasteiger partial charge in [-0.05, 0) is 23.8 Å². The highest BCUT2D eigenvalue weighted by Gasteiger charge is 2.15. The van der Waals surface area contributed by atoms with Crippen LogP contribution in [0.5, 0.6) is 0 Å². The second-order valence-electron chi connectivity index (χ2n) is 3.73. The molecular weight excluding hydrogens is 223 g/mol. The summed E-state index contributed by atoms with van der Waals surface area (Å²) in [6.45, 7) is 1.62. The molecule has 1 heterocycles. The third kappa shape index (κ3) is 2.35. The number of rotatable bonds is 3. The van der Waals surface area contributed by atoms with Crippen LogP contribution in [0.1, 0.15) is 21.7 Å². The fourth-order valence-electron chi connectivity index (χ4n) is 1.50. The van der Waals surface area contributed by atoms with E-state index in [9.17, 15) is 9.18 Å². The van der Waals surface area contributed by atoms with Gasteiger partial charge in [-0.2, -0.15) is 4.80 Å². The van der Waals surface area contributed by atoms with Crippen LogP contribution in [0.4, 0.5) is 4.39 Å². The van der Waals surface area contributed by atoms with Crippen LogP contribution < -0.4 is 0 Å². The van der Waals surface area contributed by atoms with Gasteiger partial charge in [-0.25, -0.2) is 4.39 Å². The maximum Gasteiger partial charge on any atom is 0.182 e. The molecule has 0 amide bonds. The topological polar surface area (TPSA) is 60.7 Å². The average molecular weight is 234 g/mol. The Morgan fingerprint density at radius 1 is 1.47 bits per heavy atom. The number of benzene rings is 1. The van der Waals surface area contributed by atoms with Crippen molar-refractivity contribution < 1.29 is 9.18 Å². The number of ketones is 1. The molecular formula is C11H11FN4O. The highest BCUT2D eigenvalue weighted by molar-refractivity contribution is 5.97. The first-order valence-electron chi connectivity index (χ1n) is 5.09. The summed E-state index contributed by atoms with van der Waals surface area (Å²) in [5.74, 6) is -0.543. The van der Waals surface area contributed by atoms with E-state index < -0.39 is 5.82 Å². The quantitative estimate of drug-likeness (QED) is 0.746. The summed E-state index contributed by atoms with van der Waals surface area (Å²) >= 11 is 0. The molecule has 0 fully saturated rings. The summed E-state index contributed by atoms with van der Waals surface area (Å²) in [5.41, 5.74) is 0.514. The molecule has 0 unspecified atom stereocenters. The number of aryl methyl sites for hydroxylation is 2. The third-order valence-electron chi connectivity index (χ3n) is 2.36. The lowest BCUT2D eigenvalue weighted by Crippen LogP contribution is -2.08. The maximum atomic E-state index is 13.7. The molecule has 17 heavy (non-hydrogen) atoms. The first-order chi connectivity index (χ1) is 8.08. The SMILES string of the molecule is Cc1cccc(C(=O)Cc2nnn(C)n2)c1F. The average Bonchev–Trinajstić information content (AvgIpc) is 2.68. The molecule has 5 nitrogen and oxygen atoms in total. The molecule has 0 radical (unpaired) electrons. The van der Waals surface area contributed by atoms with Crippen LogP contribution in [0.3, 0.4) is 0 Å². The molecule has 0 bridgehead atoms. The molecule has 0 aliphatic rings. The molecule has 0 saturated heterocycles. The molecule has 88 valence electrons. The van der Waals surface area contributed by atoms with Crippen molar-refractivity contribution in [1.82, 2.24) is 20.2 Å². The number of carbonyl (C=O) groups excluding carboxylic acids is 1. The van der Waals surface area contributed by atoms with E-state index in [0.29, 0.717) is 11.4 Å². The molecule has 0 spiro atoms. The lowest BCUT2D eigenvalue weighted by molar-refractivity contribution is 0.0986. The number of tetrazole rings is 1. The number of nitrogens with zero attached hydrogens (tertiary/aromatic N) is 4. The van der Waals surface area contributed by atoms with Crippen molar-refractivity contribution in [3.05, 3.63) is 41.0 Å². The zero-order valence-corrected chi connectivity index (χ0v) is 9.51. The fraction of sp³-hybridized carbons (Fsp3) is 0.273. The number of hydrogen-bond acceptors (Lipinski definition) is 4. The monoisotopic (exact) mass is 234 g/mol. The summed E-state index contributed by atoms with van der Waals surface area (Å²) in [6.07, 6.45) is -0.0474. The Balaban J connectivity index is 2.23. The predicted molar refractivity (Wildman–Crippen MR) is 58.0 cm³/mol. The highest BCUT2D eigenvalue weighted by atomic mass is 19.1. The molecule has 0 aliphatic carbocycles. The van der Waals surface area contributed by atoms with Gasteiger partial charge >= 0.3 is 0 Å². The molecule has 1 aromatic carbocycles. The van der Waals surface area contributed by atoms with E-state index >= 15 is 0 Å². The second-order valence-corrected chi connectivity index (χ2v) is 3.73. The zero-order chi connectivity index (χ0) is 12.4. The Hall–Kier alpha value is -2.11. The number of aromatic nitrogens is 4. The van der Waals surface area contributed by atoms with Crippen LogP contribution in [0.2, 0.25) is 0 Å². The van der Waals surface area contributed by atoms with E-state index in [1.807, 2.05) is 0 Å². The van der Waals surface area contributed by atoms with Gasteiger partial charge < -0.3 is 0 Å². The van der Waals surface area contributed by atoms with Crippen molar-refractivity contribution in [2.24, 2.45) is 7.05 Å². The number of carbonyl (C=O) groups is 1. The smallest absolute Gasteiger partial charge is 0.182 e. The normalized spacial score (nSPS) is 10.5. The molecule has 6 heteroatoms. The van der Waals surface area contributed by atoms with Crippen molar-refractivity contribution in [3.8, 4) is 0 Å². The van der Waals surface area contributed by atoms with Gasteiger partial charge in [0.2, 0.25) is 0 Å². The van der Waals surface area contributed by atoms with Crippen molar-refractivity contribution in [2.75, 3.05) is 0 Å². The summed E-state index contributed by atoms with van der Waals surface area (Å²) in [7, 11) is 1.61. The minimum Gasteiger partial charge on any atom is -0.294 e. The standard InChI is InChI=1S/C11H11FN4O/c1-7-4-3-5-8(11(7)12)9(17)6-10-13-15-16(2)14-10/h3-5H,6H2,1-2H3. The van der Waals surface area contributed by atoms with Crippen molar-refractivity contribution in [1.29, 1.82) is 0 Å². The summed E-state index contributed by atoms with van der Waals surface area (Å²) in [6, 6.07) is 4.73. The predicted octanol–water partition coefficient (Wildman–Crippen LogP) is 1.08. The summed E-state index contributed by atoms with van der Waals surface area (Å²) in [5, 5.41) is 11.2. The minimum atomic E-state index is -0.485. The summed E-state index contributed by atoms with van der Waals surface area (Å²) < 4.78 is 13.7. The van der Waals surface area contributed by atoms with E-state index in [1.165, 1.54) is 10.9 Å². The number of halogens is 1. The molecule has 2 aromatic rings. The van der Waals surface area contributed by atoms with E-state index in [1.54, 1.807) is 26.1 Å². The van der Waals surface area contributed by atoms with Crippen LogP contribution in [-0.2, 0) is 13.5 Å². The minimum absolute atomic E-state index is 0.0474.